The fourth-order valence-electron chi connectivity index (χ4n) is 2.85. The van der Waals surface area contributed by atoms with Crippen LogP contribution in [0, 0.1) is 20.8 Å². The highest BCUT2D eigenvalue weighted by Crippen LogP contribution is 2.24. The number of rotatable bonds is 7. The molecule has 0 unspecified atom stereocenters. The van der Waals surface area contributed by atoms with Gasteiger partial charge in [-0.05, 0) is 74.4 Å². The van der Waals surface area contributed by atoms with Gasteiger partial charge in [0.1, 0.15) is 5.75 Å². The number of hydrogen-bond donors (Lipinski definition) is 2. The van der Waals surface area contributed by atoms with Crippen LogP contribution in [-0.4, -0.2) is 20.9 Å². The highest BCUT2D eigenvalue weighted by molar-refractivity contribution is 7.92. The second kappa shape index (κ2) is 9.41. The van der Waals surface area contributed by atoms with Gasteiger partial charge in [-0.3, -0.25) is 9.52 Å². The Morgan fingerprint density at radius 3 is 2.32 bits per heavy atom. The van der Waals surface area contributed by atoms with Gasteiger partial charge in [-0.1, -0.05) is 35.4 Å². The van der Waals surface area contributed by atoms with E-state index in [4.69, 9.17) is 16.3 Å². The minimum Gasteiger partial charge on any atom is -0.483 e. The van der Waals surface area contributed by atoms with Gasteiger partial charge in [-0.2, -0.15) is 0 Å². The topological polar surface area (TPSA) is 84.5 Å². The molecule has 2 N–H and O–H groups in total. The molecule has 0 heterocycles. The van der Waals surface area contributed by atoms with E-state index in [9.17, 15) is 13.2 Å². The van der Waals surface area contributed by atoms with Gasteiger partial charge < -0.3 is 10.1 Å². The summed E-state index contributed by atoms with van der Waals surface area (Å²) >= 11 is 5.97. The number of hydrogen-bond acceptors (Lipinski definition) is 4. The summed E-state index contributed by atoms with van der Waals surface area (Å²) in [6, 6.07) is 16.8. The van der Waals surface area contributed by atoms with Gasteiger partial charge in [-0.25, -0.2) is 8.42 Å². The largest absolute Gasteiger partial charge is 0.483 e. The molecule has 6 nitrogen and oxygen atoms in total. The van der Waals surface area contributed by atoms with E-state index in [0.29, 0.717) is 27.7 Å². The number of aryl methyl sites for hydroxylation is 3. The number of anilines is 2. The number of carbonyl (C=O) groups excluding carboxylic acids is 1. The van der Waals surface area contributed by atoms with Crippen LogP contribution in [0.5, 0.6) is 5.75 Å². The number of ether oxygens (including phenoxy) is 1. The van der Waals surface area contributed by atoms with Crippen molar-refractivity contribution in [2.24, 2.45) is 0 Å². The summed E-state index contributed by atoms with van der Waals surface area (Å²) < 4.78 is 33.4. The predicted molar refractivity (Wildman–Crippen MR) is 123 cm³/mol. The summed E-state index contributed by atoms with van der Waals surface area (Å²) in [7, 11) is -3.74. The van der Waals surface area contributed by atoms with Crippen LogP contribution in [0.15, 0.2) is 65.6 Å². The van der Waals surface area contributed by atoms with Crippen molar-refractivity contribution in [1.29, 1.82) is 0 Å². The first-order chi connectivity index (χ1) is 14.6. The van der Waals surface area contributed by atoms with E-state index >= 15 is 0 Å². The molecule has 0 saturated heterocycles. The lowest BCUT2D eigenvalue weighted by molar-refractivity contribution is -0.118. The fraction of sp³-hybridized carbons (Fsp3) is 0.174. The van der Waals surface area contributed by atoms with Crippen LogP contribution >= 0.6 is 11.6 Å². The third-order valence-corrected chi connectivity index (χ3v) is 6.21. The number of benzene rings is 3. The van der Waals surface area contributed by atoms with Gasteiger partial charge in [-0.15, -0.1) is 0 Å². The van der Waals surface area contributed by atoms with Gasteiger partial charge in [0.25, 0.3) is 15.9 Å². The van der Waals surface area contributed by atoms with E-state index in [1.807, 2.05) is 32.0 Å². The van der Waals surface area contributed by atoms with Gasteiger partial charge in [0.15, 0.2) is 6.61 Å². The summed E-state index contributed by atoms with van der Waals surface area (Å²) in [5.41, 5.74) is 3.61. The number of carbonyl (C=O) groups is 1. The van der Waals surface area contributed by atoms with Gasteiger partial charge >= 0.3 is 0 Å². The quantitative estimate of drug-likeness (QED) is 0.516. The lowest BCUT2D eigenvalue weighted by atomic mass is 10.2. The Bertz CT molecular complexity index is 1210. The monoisotopic (exact) mass is 458 g/mol. The van der Waals surface area contributed by atoms with Crippen LogP contribution in [0.3, 0.4) is 0 Å². The Balaban J connectivity index is 1.65. The molecule has 3 aromatic rings. The van der Waals surface area contributed by atoms with Crippen LogP contribution in [0.1, 0.15) is 16.7 Å². The van der Waals surface area contributed by atoms with E-state index in [1.54, 1.807) is 31.2 Å². The molecule has 0 atom stereocenters. The van der Waals surface area contributed by atoms with Crippen molar-refractivity contribution in [3.63, 3.8) is 0 Å². The zero-order chi connectivity index (χ0) is 22.6. The van der Waals surface area contributed by atoms with E-state index in [-0.39, 0.29) is 17.4 Å². The third-order valence-electron chi connectivity index (χ3n) is 4.59. The summed E-state index contributed by atoms with van der Waals surface area (Å²) in [6.07, 6.45) is 0. The number of amides is 1. The van der Waals surface area contributed by atoms with Crippen LogP contribution in [0.4, 0.5) is 11.4 Å². The molecular weight excluding hydrogens is 436 g/mol. The van der Waals surface area contributed by atoms with Gasteiger partial charge in [0.05, 0.1) is 4.90 Å². The molecule has 0 spiro atoms. The van der Waals surface area contributed by atoms with Crippen molar-refractivity contribution in [2.75, 3.05) is 16.6 Å². The highest BCUT2D eigenvalue weighted by atomic mass is 35.5. The maximum Gasteiger partial charge on any atom is 0.262 e. The Morgan fingerprint density at radius 1 is 0.935 bits per heavy atom. The second-order valence-corrected chi connectivity index (χ2v) is 9.31. The molecule has 0 aromatic heterocycles. The summed E-state index contributed by atoms with van der Waals surface area (Å²) in [4.78, 5) is 12.3. The normalized spacial score (nSPS) is 11.1. The van der Waals surface area contributed by atoms with Gasteiger partial charge in [0, 0.05) is 16.4 Å². The Labute approximate surface area is 187 Å². The molecule has 0 radical (unpaired) electrons. The molecule has 0 aliphatic heterocycles. The average molecular weight is 459 g/mol. The minimum absolute atomic E-state index is 0.108. The van der Waals surface area contributed by atoms with E-state index in [0.717, 1.165) is 11.1 Å². The second-order valence-electron chi connectivity index (χ2n) is 7.19. The standard InChI is InChI=1S/C23H23ClN2O4S/c1-15-4-8-19(9-5-15)26-31(28,29)20-10-11-22(17(3)12-20)30-14-23(27)25-21-13-18(24)7-6-16(21)2/h4-13,26H,14H2,1-3H3,(H,25,27). The molecule has 0 bridgehead atoms. The van der Waals surface area contributed by atoms with Crippen molar-refractivity contribution in [2.45, 2.75) is 25.7 Å². The van der Waals surface area contributed by atoms with E-state index in [1.165, 1.54) is 18.2 Å². The summed E-state index contributed by atoms with van der Waals surface area (Å²) in [5.74, 6) is 0.0785. The molecule has 0 fully saturated rings. The molecule has 3 aromatic carbocycles. The van der Waals surface area contributed by atoms with E-state index < -0.39 is 10.0 Å². The van der Waals surface area contributed by atoms with Crippen LogP contribution in [0.25, 0.3) is 0 Å². The first-order valence-electron chi connectivity index (χ1n) is 9.53. The third kappa shape index (κ3) is 5.99. The molecule has 0 aliphatic carbocycles. The number of sulfonamides is 1. The van der Waals surface area contributed by atoms with E-state index in [2.05, 4.69) is 10.0 Å². The Kier molecular flexibility index (Phi) is 6.87. The molecule has 3 rings (SSSR count). The highest BCUT2D eigenvalue weighted by Gasteiger charge is 2.16. The Hall–Kier alpha value is -3.03. The maximum absolute atomic E-state index is 12.7. The van der Waals surface area contributed by atoms with Crippen molar-refractivity contribution in [3.8, 4) is 5.75 Å². The number of nitrogens with one attached hydrogen (secondary N) is 2. The lowest BCUT2D eigenvalue weighted by Crippen LogP contribution is -2.21. The number of halogens is 1. The SMILES string of the molecule is Cc1ccc(NS(=O)(=O)c2ccc(OCC(=O)Nc3cc(Cl)ccc3C)c(C)c2)cc1. The average Bonchev–Trinajstić information content (AvgIpc) is 2.71. The zero-order valence-corrected chi connectivity index (χ0v) is 19.0. The lowest BCUT2D eigenvalue weighted by Gasteiger charge is -2.13. The predicted octanol–water partition coefficient (Wildman–Crippen LogP) is 5.08. The van der Waals surface area contributed by atoms with Crippen LogP contribution in [0.2, 0.25) is 5.02 Å². The maximum atomic E-state index is 12.7. The molecule has 0 saturated carbocycles. The molecule has 162 valence electrons. The summed E-state index contributed by atoms with van der Waals surface area (Å²) in [5, 5.41) is 3.28. The molecule has 1 amide bonds. The van der Waals surface area contributed by atoms with Crippen molar-refractivity contribution in [3.05, 3.63) is 82.4 Å². The fourth-order valence-corrected chi connectivity index (χ4v) is 4.16. The molecular formula is C23H23ClN2O4S. The van der Waals surface area contributed by atoms with Crippen LogP contribution < -0.4 is 14.8 Å². The zero-order valence-electron chi connectivity index (χ0n) is 17.4. The first-order valence-corrected chi connectivity index (χ1v) is 11.4. The molecule has 0 aliphatic rings. The summed E-state index contributed by atoms with van der Waals surface area (Å²) in [6.45, 7) is 5.29. The smallest absolute Gasteiger partial charge is 0.262 e. The molecule has 31 heavy (non-hydrogen) atoms. The van der Waals surface area contributed by atoms with Crippen molar-refractivity contribution in [1.82, 2.24) is 0 Å². The van der Waals surface area contributed by atoms with Crippen molar-refractivity contribution >= 4 is 38.9 Å². The minimum atomic E-state index is -3.74. The van der Waals surface area contributed by atoms with Crippen molar-refractivity contribution < 1.29 is 17.9 Å². The van der Waals surface area contributed by atoms with Crippen LogP contribution in [-0.2, 0) is 14.8 Å². The van der Waals surface area contributed by atoms with Gasteiger partial charge in [0.2, 0.25) is 0 Å². The first kappa shape index (κ1) is 22.7. The Morgan fingerprint density at radius 2 is 1.65 bits per heavy atom. The molecule has 8 heteroatoms.